The van der Waals surface area contributed by atoms with Crippen LogP contribution in [0.5, 0.6) is 0 Å². The fourth-order valence-corrected chi connectivity index (χ4v) is 2.40. The quantitative estimate of drug-likeness (QED) is 0.812. The average Bonchev–Trinajstić information content (AvgIpc) is 2.97. The van der Waals surface area contributed by atoms with E-state index in [1.165, 1.54) is 0 Å². The van der Waals surface area contributed by atoms with Crippen molar-refractivity contribution in [3.63, 3.8) is 0 Å². The minimum Gasteiger partial charge on any atom is -0.352 e. The van der Waals surface area contributed by atoms with Gasteiger partial charge in [0.2, 0.25) is 5.91 Å². The second-order valence-corrected chi connectivity index (χ2v) is 6.63. The van der Waals surface area contributed by atoms with Gasteiger partial charge in [0, 0.05) is 43.2 Å². The molecule has 0 radical (unpaired) electrons. The fourth-order valence-electron chi connectivity index (χ4n) is 2.40. The van der Waals surface area contributed by atoms with Crippen molar-refractivity contribution in [3.8, 4) is 0 Å². The molecule has 1 aromatic carbocycles. The molecule has 0 saturated heterocycles. The number of nitrogens with zero attached hydrogens (tertiary/aromatic N) is 2. The highest BCUT2D eigenvalue weighted by Crippen LogP contribution is 2.17. The van der Waals surface area contributed by atoms with Crippen molar-refractivity contribution in [2.75, 3.05) is 11.9 Å². The Labute approximate surface area is 148 Å². The molecule has 0 atom stereocenters. The molecule has 1 aromatic heterocycles. The molecule has 0 bridgehead atoms. The van der Waals surface area contributed by atoms with E-state index >= 15 is 0 Å². The van der Waals surface area contributed by atoms with E-state index in [0.717, 1.165) is 11.3 Å². The summed E-state index contributed by atoms with van der Waals surface area (Å²) in [4.78, 5) is 24.4. The summed E-state index contributed by atoms with van der Waals surface area (Å²) in [5, 5.41) is 9.88. The number of anilines is 1. The Kier molecular flexibility index (Phi) is 6.33. The third-order valence-electron chi connectivity index (χ3n) is 3.98. The lowest BCUT2D eigenvalue weighted by Crippen LogP contribution is -2.27. The summed E-state index contributed by atoms with van der Waals surface area (Å²) >= 11 is 0. The number of benzene rings is 1. The Balaban J connectivity index is 1.98. The monoisotopic (exact) mass is 342 g/mol. The zero-order valence-corrected chi connectivity index (χ0v) is 15.3. The number of rotatable bonds is 7. The minimum atomic E-state index is -0.126. The molecule has 134 valence electrons. The van der Waals surface area contributed by atoms with Crippen LogP contribution in [0, 0.1) is 12.8 Å². The largest absolute Gasteiger partial charge is 0.352 e. The molecule has 25 heavy (non-hydrogen) atoms. The molecule has 0 aliphatic heterocycles. The van der Waals surface area contributed by atoms with Crippen LogP contribution in [0.4, 0.5) is 5.69 Å². The van der Waals surface area contributed by atoms with Crippen LogP contribution >= 0.6 is 0 Å². The highest BCUT2D eigenvalue weighted by Gasteiger charge is 2.11. The lowest BCUT2D eigenvalue weighted by atomic mass is 10.1. The Morgan fingerprint density at radius 3 is 2.64 bits per heavy atom. The lowest BCUT2D eigenvalue weighted by molar-refractivity contribution is -0.116. The molecular weight excluding hydrogens is 316 g/mol. The summed E-state index contributed by atoms with van der Waals surface area (Å²) in [7, 11) is 1.86. The molecule has 6 heteroatoms. The van der Waals surface area contributed by atoms with Gasteiger partial charge in [0.05, 0.1) is 0 Å². The van der Waals surface area contributed by atoms with Gasteiger partial charge in [-0.05, 0) is 43.0 Å². The number of carbonyl (C=O) groups is 2. The number of hydrogen-bond acceptors (Lipinski definition) is 3. The number of carbonyl (C=O) groups excluding carboxylic acids is 2. The molecule has 2 N–H and O–H groups in total. The molecule has 0 aliphatic carbocycles. The molecule has 2 rings (SSSR count). The highest BCUT2D eigenvalue weighted by atomic mass is 16.2. The predicted molar refractivity (Wildman–Crippen MR) is 98.5 cm³/mol. The standard InChI is InChI=1S/C19H26N4O2/c1-13(2)12-20-19(25)15-6-5-14(3)17(11-15)22-18(24)8-7-16-9-10-21-23(16)4/h5-6,9-11,13H,7-8,12H2,1-4H3,(H,20,25)(H,22,24). The SMILES string of the molecule is Cc1ccc(C(=O)NCC(C)C)cc1NC(=O)CCc1ccnn1C. The van der Waals surface area contributed by atoms with Crippen LogP contribution in [0.2, 0.25) is 0 Å². The number of aromatic nitrogens is 2. The molecule has 6 nitrogen and oxygen atoms in total. The first-order valence-electron chi connectivity index (χ1n) is 8.52. The maximum atomic E-state index is 12.2. The van der Waals surface area contributed by atoms with Crippen LogP contribution in [-0.2, 0) is 18.3 Å². The van der Waals surface area contributed by atoms with E-state index in [1.807, 2.05) is 40.0 Å². The average molecular weight is 342 g/mol. The molecule has 0 aliphatic rings. The summed E-state index contributed by atoms with van der Waals surface area (Å²) < 4.78 is 1.76. The first-order chi connectivity index (χ1) is 11.9. The van der Waals surface area contributed by atoms with Gasteiger partial charge in [0.15, 0.2) is 0 Å². The van der Waals surface area contributed by atoms with Gasteiger partial charge < -0.3 is 10.6 Å². The number of hydrogen-bond donors (Lipinski definition) is 2. The summed E-state index contributed by atoms with van der Waals surface area (Å²) in [6, 6.07) is 7.25. The maximum absolute atomic E-state index is 12.2. The van der Waals surface area contributed by atoms with Crippen molar-refractivity contribution in [2.24, 2.45) is 13.0 Å². The predicted octanol–water partition coefficient (Wildman–Crippen LogP) is 2.69. The van der Waals surface area contributed by atoms with E-state index in [4.69, 9.17) is 0 Å². The Hall–Kier alpha value is -2.63. The van der Waals surface area contributed by atoms with E-state index in [9.17, 15) is 9.59 Å². The zero-order chi connectivity index (χ0) is 18.4. The molecular formula is C19H26N4O2. The molecule has 1 heterocycles. The lowest BCUT2D eigenvalue weighted by Gasteiger charge is -2.12. The van der Waals surface area contributed by atoms with Crippen LogP contribution in [0.15, 0.2) is 30.5 Å². The Morgan fingerprint density at radius 2 is 2.00 bits per heavy atom. The molecule has 0 unspecified atom stereocenters. The van der Waals surface area contributed by atoms with Crippen LogP contribution in [-0.4, -0.2) is 28.1 Å². The third kappa shape index (κ3) is 5.45. The minimum absolute atomic E-state index is 0.0796. The van der Waals surface area contributed by atoms with Crippen LogP contribution in [0.25, 0.3) is 0 Å². The maximum Gasteiger partial charge on any atom is 0.251 e. The molecule has 0 spiro atoms. The van der Waals surface area contributed by atoms with Crippen molar-refractivity contribution in [1.82, 2.24) is 15.1 Å². The summed E-state index contributed by atoms with van der Waals surface area (Å²) in [5.74, 6) is 0.184. The van der Waals surface area contributed by atoms with Gasteiger partial charge in [0.25, 0.3) is 5.91 Å². The van der Waals surface area contributed by atoms with Gasteiger partial charge >= 0.3 is 0 Å². The van der Waals surface area contributed by atoms with E-state index in [2.05, 4.69) is 15.7 Å². The highest BCUT2D eigenvalue weighted by molar-refractivity contribution is 5.97. The van der Waals surface area contributed by atoms with Crippen molar-refractivity contribution < 1.29 is 9.59 Å². The van der Waals surface area contributed by atoms with Gasteiger partial charge in [0.1, 0.15) is 0 Å². The van der Waals surface area contributed by atoms with Crippen molar-refractivity contribution in [1.29, 1.82) is 0 Å². The third-order valence-corrected chi connectivity index (χ3v) is 3.98. The second-order valence-electron chi connectivity index (χ2n) is 6.63. The Morgan fingerprint density at radius 1 is 1.24 bits per heavy atom. The van der Waals surface area contributed by atoms with Gasteiger partial charge in [-0.1, -0.05) is 19.9 Å². The molecule has 2 aromatic rings. The molecule has 0 fully saturated rings. The van der Waals surface area contributed by atoms with E-state index in [1.54, 1.807) is 23.0 Å². The normalized spacial score (nSPS) is 10.8. The molecule has 0 saturated carbocycles. The second kappa shape index (κ2) is 8.46. The van der Waals surface area contributed by atoms with Crippen molar-refractivity contribution >= 4 is 17.5 Å². The van der Waals surface area contributed by atoms with Gasteiger partial charge in [-0.15, -0.1) is 0 Å². The van der Waals surface area contributed by atoms with E-state index < -0.39 is 0 Å². The molecule has 2 amide bonds. The van der Waals surface area contributed by atoms with Crippen LogP contribution in [0.3, 0.4) is 0 Å². The smallest absolute Gasteiger partial charge is 0.251 e. The summed E-state index contributed by atoms with van der Waals surface area (Å²) in [6.45, 7) is 6.62. The van der Waals surface area contributed by atoms with Gasteiger partial charge in [-0.2, -0.15) is 5.10 Å². The number of nitrogens with one attached hydrogen (secondary N) is 2. The first kappa shape index (κ1) is 18.7. The summed E-state index contributed by atoms with van der Waals surface area (Å²) in [5.41, 5.74) is 3.16. The van der Waals surface area contributed by atoms with Crippen LogP contribution in [0.1, 0.15) is 41.9 Å². The van der Waals surface area contributed by atoms with Crippen LogP contribution < -0.4 is 10.6 Å². The van der Waals surface area contributed by atoms with Crippen molar-refractivity contribution in [3.05, 3.63) is 47.3 Å². The van der Waals surface area contributed by atoms with Crippen molar-refractivity contribution in [2.45, 2.75) is 33.6 Å². The zero-order valence-electron chi connectivity index (χ0n) is 15.3. The van der Waals surface area contributed by atoms with Gasteiger partial charge in [-0.25, -0.2) is 0 Å². The summed E-state index contributed by atoms with van der Waals surface area (Å²) in [6.07, 6.45) is 2.70. The first-order valence-corrected chi connectivity index (χ1v) is 8.52. The van der Waals surface area contributed by atoms with E-state index in [0.29, 0.717) is 36.6 Å². The van der Waals surface area contributed by atoms with E-state index in [-0.39, 0.29) is 11.8 Å². The number of aryl methyl sites for hydroxylation is 3. The van der Waals surface area contributed by atoms with Gasteiger partial charge in [-0.3, -0.25) is 14.3 Å². The fraction of sp³-hybridized carbons (Fsp3) is 0.421. The number of amides is 2. The Bertz CT molecular complexity index is 750. The topological polar surface area (TPSA) is 76.0 Å².